The van der Waals surface area contributed by atoms with Gasteiger partial charge in [0.05, 0.1) is 12.3 Å². The van der Waals surface area contributed by atoms with Crippen LogP contribution in [0.25, 0.3) is 0 Å². The summed E-state index contributed by atoms with van der Waals surface area (Å²) >= 11 is 0. The number of rotatable bonds is 5. The Hall–Kier alpha value is -2.63. The van der Waals surface area contributed by atoms with Gasteiger partial charge in [-0.3, -0.25) is 4.79 Å². The van der Waals surface area contributed by atoms with Crippen molar-refractivity contribution in [2.75, 3.05) is 29.9 Å². The molecule has 0 aliphatic carbocycles. The number of hydrogen-bond donors (Lipinski definition) is 1. The Morgan fingerprint density at radius 1 is 1.16 bits per heavy atom. The largest absolute Gasteiger partial charge is 0.494 e. The molecule has 0 saturated carbocycles. The summed E-state index contributed by atoms with van der Waals surface area (Å²) in [6.45, 7) is 6.15. The van der Waals surface area contributed by atoms with Crippen molar-refractivity contribution in [2.45, 2.75) is 26.7 Å². The molecule has 3 rings (SSSR count). The van der Waals surface area contributed by atoms with Crippen LogP contribution in [0.15, 0.2) is 36.4 Å². The van der Waals surface area contributed by atoms with Gasteiger partial charge >= 0.3 is 0 Å². The Morgan fingerprint density at radius 2 is 1.88 bits per heavy atom. The highest BCUT2D eigenvalue weighted by atomic mass is 16.5. The summed E-state index contributed by atoms with van der Waals surface area (Å²) < 4.78 is 5.41. The van der Waals surface area contributed by atoms with Gasteiger partial charge in [-0.05, 0) is 63.1 Å². The van der Waals surface area contributed by atoms with Crippen molar-refractivity contribution in [1.82, 2.24) is 10.2 Å². The zero-order valence-corrected chi connectivity index (χ0v) is 14.7. The lowest BCUT2D eigenvalue weighted by Gasteiger charge is -2.31. The van der Waals surface area contributed by atoms with E-state index < -0.39 is 0 Å². The molecule has 1 aliphatic rings. The van der Waals surface area contributed by atoms with E-state index in [0.29, 0.717) is 6.61 Å². The molecular formula is C19H24N4O2. The van der Waals surface area contributed by atoms with E-state index in [4.69, 9.17) is 4.74 Å². The molecule has 1 fully saturated rings. The van der Waals surface area contributed by atoms with E-state index in [1.54, 1.807) is 0 Å². The number of hydrogen-bond acceptors (Lipinski definition) is 5. The maximum atomic E-state index is 12.5. The summed E-state index contributed by atoms with van der Waals surface area (Å²) in [5.74, 6) is 1.81. The van der Waals surface area contributed by atoms with Crippen LogP contribution in [-0.2, 0) is 4.79 Å². The molecule has 0 spiro atoms. The fourth-order valence-corrected chi connectivity index (χ4v) is 2.98. The molecule has 1 amide bonds. The Bertz CT molecular complexity index is 692. The third kappa shape index (κ3) is 4.47. The molecule has 1 N–H and O–H groups in total. The first-order chi connectivity index (χ1) is 12.2. The third-order valence-corrected chi connectivity index (χ3v) is 4.41. The van der Waals surface area contributed by atoms with Crippen molar-refractivity contribution >= 4 is 17.4 Å². The number of amides is 1. The smallest absolute Gasteiger partial charge is 0.227 e. The number of anilines is 2. The Balaban J connectivity index is 1.51. The quantitative estimate of drug-likeness (QED) is 0.906. The molecule has 2 aromatic rings. The lowest BCUT2D eigenvalue weighted by molar-refractivity contribution is -0.120. The van der Waals surface area contributed by atoms with E-state index in [1.807, 2.05) is 50.2 Å². The Labute approximate surface area is 148 Å². The second-order valence-corrected chi connectivity index (χ2v) is 6.24. The third-order valence-electron chi connectivity index (χ3n) is 4.41. The molecular weight excluding hydrogens is 316 g/mol. The molecule has 132 valence electrons. The highest BCUT2D eigenvalue weighted by Crippen LogP contribution is 2.23. The van der Waals surface area contributed by atoms with Crippen molar-refractivity contribution in [1.29, 1.82) is 0 Å². The number of nitrogens with zero attached hydrogens (tertiary/aromatic N) is 3. The first-order valence-electron chi connectivity index (χ1n) is 8.74. The Kier molecular flexibility index (Phi) is 5.48. The topological polar surface area (TPSA) is 67.3 Å². The molecule has 1 aliphatic heterocycles. The van der Waals surface area contributed by atoms with Gasteiger partial charge in [0.25, 0.3) is 0 Å². The molecule has 1 aromatic heterocycles. The van der Waals surface area contributed by atoms with Crippen LogP contribution in [0.4, 0.5) is 11.5 Å². The molecule has 0 radical (unpaired) electrons. The minimum atomic E-state index is 0.0289. The average Bonchev–Trinajstić information content (AvgIpc) is 2.64. The molecule has 0 bridgehead atoms. The highest BCUT2D eigenvalue weighted by molar-refractivity contribution is 5.92. The van der Waals surface area contributed by atoms with Crippen LogP contribution in [0.3, 0.4) is 0 Å². The fourth-order valence-electron chi connectivity index (χ4n) is 2.98. The minimum absolute atomic E-state index is 0.0289. The molecule has 1 saturated heterocycles. The van der Waals surface area contributed by atoms with Crippen molar-refractivity contribution in [3.8, 4) is 5.75 Å². The van der Waals surface area contributed by atoms with Gasteiger partial charge in [0.15, 0.2) is 5.82 Å². The van der Waals surface area contributed by atoms with Crippen molar-refractivity contribution < 1.29 is 9.53 Å². The first-order valence-corrected chi connectivity index (χ1v) is 8.74. The normalized spacial score (nSPS) is 15.0. The SMILES string of the molecule is CCOc1ccc(NC(=O)C2CCN(c3ccc(C)nn3)CC2)cc1. The minimum Gasteiger partial charge on any atom is -0.494 e. The summed E-state index contributed by atoms with van der Waals surface area (Å²) in [7, 11) is 0. The zero-order chi connectivity index (χ0) is 17.6. The number of ether oxygens (including phenoxy) is 1. The summed E-state index contributed by atoms with van der Waals surface area (Å²) in [6, 6.07) is 11.4. The molecule has 1 aromatic carbocycles. The van der Waals surface area contributed by atoms with E-state index in [-0.39, 0.29) is 11.8 Å². The van der Waals surface area contributed by atoms with Crippen LogP contribution in [-0.4, -0.2) is 35.8 Å². The van der Waals surface area contributed by atoms with E-state index >= 15 is 0 Å². The van der Waals surface area contributed by atoms with Crippen molar-refractivity contribution in [3.63, 3.8) is 0 Å². The maximum Gasteiger partial charge on any atom is 0.227 e. The van der Waals surface area contributed by atoms with Crippen molar-refractivity contribution in [2.24, 2.45) is 5.92 Å². The summed E-state index contributed by atoms with van der Waals surface area (Å²) in [6.07, 6.45) is 1.64. The second kappa shape index (κ2) is 7.96. The van der Waals surface area contributed by atoms with Gasteiger partial charge in [-0.1, -0.05) is 0 Å². The molecule has 6 heteroatoms. The molecule has 0 unspecified atom stereocenters. The number of aromatic nitrogens is 2. The van der Waals surface area contributed by atoms with E-state index in [2.05, 4.69) is 20.4 Å². The number of piperidine rings is 1. The molecule has 0 atom stereocenters. The van der Waals surface area contributed by atoms with Gasteiger partial charge in [-0.25, -0.2) is 0 Å². The van der Waals surface area contributed by atoms with E-state index in [1.165, 1.54) is 0 Å². The molecule has 25 heavy (non-hydrogen) atoms. The summed E-state index contributed by atoms with van der Waals surface area (Å²) in [5.41, 5.74) is 1.72. The van der Waals surface area contributed by atoms with Crippen LogP contribution in [0.1, 0.15) is 25.5 Å². The van der Waals surface area contributed by atoms with Gasteiger partial charge in [-0.15, -0.1) is 5.10 Å². The van der Waals surface area contributed by atoms with Crippen LogP contribution >= 0.6 is 0 Å². The fraction of sp³-hybridized carbons (Fsp3) is 0.421. The van der Waals surface area contributed by atoms with Crippen molar-refractivity contribution in [3.05, 3.63) is 42.1 Å². The number of benzene rings is 1. The highest BCUT2D eigenvalue weighted by Gasteiger charge is 2.25. The Morgan fingerprint density at radius 3 is 2.48 bits per heavy atom. The molecule has 6 nitrogen and oxygen atoms in total. The van der Waals surface area contributed by atoms with Gasteiger partial charge in [0.2, 0.25) is 5.91 Å². The maximum absolute atomic E-state index is 12.5. The number of carbonyl (C=O) groups excluding carboxylic acids is 1. The second-order valence-electron chi connectivity index (χ2n) is 6.24. The number of nitrogens with one attached hydrogen (secondary N) is 1. The molecule has 2 heterocycles. The van der Waals surface area contributed by atoms with Crippen LogP contribution in [0, 0.1) is 12.8 Å². The average molecular weight is 340 g/mol. The standard InChI is InChI=1S/C19H24N4O2/c1-3-25-17-7-5-16(6-8-17)20-19(24)15-10-12-23(13-11-15)18-9-4-14(2)21-22-18/h4-9,15H,3,10-13H2,1-2H3,(H,20,24). The summed E-state index contributed by atoms with van der Waals surface area (Å²) in [4.78, 5) is 14.7. The number of aryl methyl sites for hydroxylation is 1. The predicted molar refractivity (Wildman–Crippen MR) is 97.9 cm³/mol. The lowest BCUT2D eigenvalue weighted by atomic mass is 9.96. The zero-order valence-electron chi connectivity index (χ0n) is 14.7. The first kappa shape index (κ1) is 17.2. The van der Waals surface area contributed by atoms with Crippen LogP contribution in [0.5, 0.6) is 5.75 Å². The lowest BCUT2D eigenvalue weighted by Crippen LogP contribution is -2.38. The van der Waals surface area contributed by atoms with Crippen LogP contribution in [0.2, 0.25) is 0 Å². The predicted octanol–water partition coefficient (Wildman–Crippen LogP) is 3.04. The van der Waals surface area contributed by atoms with Crippen LogP contribution < -0.4 is 15.0 Å². The van der Waals surface area contributed by atoms with Gasteiger partial charge in [0.1, 0.15) is 5.75 Å². The van der Waals surface area contributed by atoms with E-state index in [9.17, 15) is 4.79 Å². The number of carbonyl (C=O) groups is 1. The van der Waals surface area contributed by atoms with E-state index in [0.717, 1.165) is 48.9 Å². The monoisotopic (exact) mass is 340 g/mol. The van der Waals surface area contributed by atoms with Gasteiger partial charge in [0, 0.05) is 24.7 Å². The summed E-state index contributed by atoms with van der Waals surface area (Å²) in [5, 5.41) is 11.3. The van der Waals surface area contributed by atoms with Gasteiger partial charge in [-0.2, -0.15) is 5.10 Å². The van der Waals surface area contributed by atoms with Gasteiger partial charge < -0.3 is 15.0 Å².